The van der Waals surface area contributed by atoms with E-state index in [0.29, 0.717) is 5.65 Å². The lowest BCUT2D eigenvalue weighted by molar-refractivity contribution is 0.628. The summed E-state index contributed by atoms with van der Waals surface area (Å²) in [4.78, 5) is 16.8. The van der Waals surface area contributed by atoms with Crippen molar-refractivity contribution in [1.29, 1.82) is 0 Å². The number of aromatic nitrogens is 6. The quantitative estimate of drug-likeness (QED) is 0.304. The van der Waals surface area contributed by atoms with Gasteiger partial charge in [0.05, 0.1) is 23.1 Å². The minimum atomic E-state index is -0.266. The van der Waals surface area contributed by atoms with E-state index >= 15 is 0 Å². The summed E-state index contributed by atoms with van der Waals surface area (Å²) in [5.41, 5.74) is 8.15. The number of benzene rings is 1. The lowest BCUT2D eigenvalue weighted by Crippen LogP contribution is -2.11. The van der Waals surface area contributed by atoms with Crippen LogP contribution >= 0.6 is 0 Å². The van der Waals surface area contributed by atoms with Gasteiger partial charge in [-0.1, -0.05) is 19.1 Å². The number of nitrogens with zero attached hydrogens (tertiary/aromatic N) is 4. The van der Waals surface area contributed by atoms with Gasteiger partial charge >= 0.3 is 0 Å². The number of pyridine rings is 3. The summed E-state index contributed by atoms with van der Waals surface area (Å²) in [6, 6.07) is 12.7. The van der Waals surface area contributed by atoms with Crippen molar-refractivity contribution in [2.24, 2.45) is 0 Å². The SMILES string of the molecule is CCNCc1cncc(-c2cnc3n[nH]c(-c4cc5c(-c6ccc(F)cc6)cncc5[nH]4)c3c2)c1. The van der Waals surface area contributed by atoms with E-state index in [9.17, 15) is 4.39 Å². The molecule has 6 aromatic rings. The van der Waals surface area contributed by atoms with Crippen LogP contribution in [-0.4, -0.2) is 36.7 Å². The Morgan fingerprint density at radius 3 is 2.54 bits per heavy atom. The number of halogens is 1. The molecule has 0 aliphatic carbocycles. The predicted octanol–water partition coefficient (Wildman–Crippen LogP) is 5.48. The Kier molecular flexibility index (Phi) is 5.27. The van der Waals surface area contributed by atoms with Crippen LogP contribution in [0.1, 0.15) is 12.5 Å². The van der Waals surface area contributed by atoms with Crippen LogP contribution in [0.4, 0.5) is 4.39 Å². The van der Waals surface area contributed by atoms with Crippen molar-refractivity contribution in [2.75, 3.05) is 6.54 Å². The molecule has 5 aromatic heterocycles. The third kappa shape index (κ3) is 3.94. The predicted molar refractivity (Wildman–Crippen MR) is 135 cm³/mol. The highest BCUT2D eigenvalue weighted by molar-refractivity contribution is 6.00. The number of aromatic amines is 2. The molecule has 0 saturated heterocycles. The van der Waals surface area contributed by atoms with E-state index in [0.717, 1.165) is 68.6 Å². The van der Waals surface area contributed by atoms with Gasteiger partial charge in [0.1, 0.15) is 5.82 Å². The molecule has 35 heavy (non-hydrogen) atoms. The lowest BCUT2D eigenvalue weighted by atomic mass is 10.0. The van der Waals surface area contributed by atoms with Crippen molar-refractivity contribution in [3.05, 3.63) is 84.8 Å². The number of hydrogen-bond donors (Lipinski definition) is 3. The molecule has 0 unspecified atom stereocenters. The van der Waals surface area contributed by atoms with Crippen molar-refractivity contribution in [1.82, 2.24) is 35.5 Å². The molecule has 0 saturated carbocycles. The summed E-state index contributed by atoms with van der Waals surface area (Å²) >= 11 is 0. The van der Waals surface area contributed by atoms with E-state index < -0.39 is 0 Å². The number of nitrogens with one attached hydrogen (secondary N) is 3. The Bertz CT molecular complexity index is 1650. The van der Waals surface area contributed by atoms with Crippen molar-refractivity contribution in [3.8, 4) is 33.6 Å². The third-order valence-corrected chi connectivity index (χ3v) is 6.09. The molecule has 0 aliphatic rings. The van der Waals surface area contributed by atoms with Gasteiger partial charge < -0.3 is 10.3 Å². The van der Waals surface area contributed by atoms with Gasteiger partial charge in [-0.2, -0.15) is 5.10 Å². The maximum Gasteiger partial charge on any atom is 0.181 e. The Morgan fingerprint density at radius 2 is 1.69 bits per heavy atom. The number of hydrogen-bond acceptors (Lipinski definition) is 5. The van der Waals surface area contributed by atoms with Crippen LogP contribution in [0.2, 0.25) is 0 Å². The molecule has 3 N–H and O–H groups in total. The lowest BCUT2D eigenvalue weighted by Gasteiger charge is -2.06. The van der Waals surface area contributed by atoms with Gasteiger partial charge in [0, 0.05) is 58.8 Å². The summed E-state index contributed by atoms with van der Waals surface area (Å²) in [7, 11) is 0. The maximum absolute atomic E-state index is 13.4. The number of H-pyrrole nitrogens is 2. The number of fused-ring (bicyclic) bond motifs is 2. The van der Waals surface area contributed by atoms with Gasteiger partial charge in [-0.25, -0.2) is 9.37 Å². The molecule has 0 atom stereocenters. The molecule has 0 aliphatic heterocycles. The van der Waals surface area contributed by atoms with Gasteiger partial charge in [0.15, 0.2) is 5.65 Å². The Labute approximate surface area is 200 Å². The molecule has 6 rings (SSSR count). The Hall–Kier alpha value is -4.43. The zero-order valence-electron chi connectivity index (χ0n) is 19.0. The first-order valence-corrected chi connectivity index (χ1v) is 11.4. The molecule has 0 spiro atoms. The molecular weight excluding hydrogens is 441 g/mol. The normalized spacial score (nSPS) is 11.5. The fourth-order valence-corrected chi connectivity index (χ4v) is 4.32. The average molecular weight is 464 g/mol. The highest BCUT2D eigenvalue weighted by atomic mass is 19.1. The van der Waals surface area contributed by atoms with Gasteiger partial charge in [-0.15, -0.1) is 0 Å². The Morgan fingerprint density at radius 1 is 0.857 bits per heavy atom. The topological polar surface area (TPSA) is 95.2 Å². The molecular formula is C27H22FN7. The standard InChI is InChI=1S/C27H22FN7/c1-2-29-10-16-7-18(12-30-11-16)19-8-22-26(34-35-27(22)32-13-19)24-9-21-23(14-31-15-25(21)33-24)17-3-5-20(28)6-4-17/h3-9,11-15,29,33H,2,10H2,1H3,(H,32,34,35). The average Bonchev–Trinajstić information content (AvgIpc) is 3.51. The van der Waals surface area contributed by atoms with E-state index in [2.05, 4.69) is 60.6 Å². The molecule has 0 bridgehead atoms. The second-order valence-electron chi connectivity index (χ2n) is 8.39. The molecule has 0 amide bonds. The smallest absolute Gasteiger partial charge is 0.181 e. The summed E-state index contributed by atoms with van der Waals surface area (Å²) < 4.78 is 13.4. The fraction of sp³-hybridized carbons (Fsp3) is 0.111. The molecule has 1 aromatic carbocycles. The van der Waals surface area contributed by atoms with Crippen LogP contribution in [-0.2, 0) is 6.54 Å². The van der Waals surface area contributed by atoms with E-state index in [1.807, 2.05) is 18.6 Å². The molecule has 7 nitrogen and oxygen atoms in total. The largest absolute Gasteiger partial charge is 0.352 e. The molecule has 5 heterocycles. The van der Waals surface area contributed by atoms with E-state index in [1.54, 1.807) is 24.5 Å². The van der Waals surface area contributed by atoms with Gasteiger partial charge in [0.25, 0.3) is 0 Å². The van der Waals surface area contributed by atoms with E-state index in [-0.39, 0.29) is 5.82 Å². The summed E-state index contributed by atoms with van der Waals surface area (Å²) in [6.45, 7) is 3.75. The van der Waals surface area contributed by atoms with Crippen LogP contribution in [0.25, 0.3) is 55.6 Å². The van der Waals surface area contributed by atoms with Gasteiger partial charge in [-0.05, 0) is 48.0 Å². The second kappa shape index (κ2) is 8.73. The highest BCUT2D eigenvalue weighted by Crippen LogP contribution is 2.34. The first-order chi connectivity index (χ1) is 17.2. The zero-order chi connectivity index (χ0) is 23.8. The highest BCUT2D eigenvalue weighted by Gasteiger charge is 2.15. The van der Waals surface area contributed by atoms with Crippen LogP contribution in [0.3, 0.4) is 0 Å². The van der Waals surface area contributed by atoms with Crippen LogP contribution < -0.4 is 5.32 Å². The number of rotatable bonds is 6. The van der Waals surface area contributed by atoms with Crippen LogP contribution in [0.15, 0.2) is 73.4 Å². The third-order valence-electron chi connectivity index (χ3n) is 6.09. The van der Waals surface area contributed by atoms with Crippen LogP contribution in [0, 0.1) is 5.82 Å². The van der Waals surface area contributed by atoms with Crippen molar-refractivity contribution < 1.29 is 4.39 Å². The second-order valence-corrected chi connectivity index (χ2v) is 8.39. The molecule has 8 heteroatoms. The van der Waals surface area contributed by atoms with Crippen molar-refractivity contribution >= 4 is 21.9 Å². The fourth-order valence-electron chi connectivity index (χ4n) is 4.32. The van der Waals surface area contributed by atoms with Crippen molar-refractivity contribution in [2.45, 2.75) is 13.5 Å². The summed E-state index contributed by atoms with van der Waals surface area (Å²) in [5.74, 6) is -0.266. The monoisotopic (exact) mass is 463 g/mol. The zero-order valence-corrected chi connectivity index (χ0v) is 19.0. The van der Waals surface area contributed by atoms with Gasteiger partial charge in [0.2, 0.25) is 0 Å². The summed E-state index contributed by atoms with van der Waals surface area (Å²) in [6.07, 6.45) is 9.13. The molecule has 172 valence electrons. The Balaban J connectivity index is 1.43. The van der Waals surface area contributed by atoms with Crippen molar-refractivity contribution in [3.63, 3.8) is 0 Å². The van der Waals surface area contributed by atoms with Crippen LogP contribution in [0.5, 0.6) is 0 Å². The minimum Gasteiger partial charge on any atom is -0.352 e. The van der Waals surface area contributed by atoms with E-state index in [4.69, 9.17) is 0 Å². The minimum absolute atomic E-state index is 0.266. The maximum atomic E-state index is 13.4. The first-order valence-electron chi connectivity index (χ1n) is 11.4. The molecule has 0 radical (unpaired) electrons. The molecule has 0 fully saturated rings. The van der Waals surface area contributed by atoms with Gasteiger partial charge in [-0.3, -0.25) is 15.1 Å². The first kappa shape index (κ1) is 21.1. The van der Waals surface area contributed by atoms with E-state index in [1.165, 1.54) is 12.1 Å². The summed E-state index contributed by atoms with van der Waals surface area (Å²) in [5, 5.41) is 12.8.